The first-order chi connectivity index (χ1) is 8.61. The lowest BCUT2D eigenvalue weighted by Crippen LogP contribution is -2.51. The molecule has 0 aromatic heterocycles. The number of ether oxygens (including phenoxy) is 5. The highest BCUT2D eigenvalue weighted by molar-refractivity contribution is 5.06. The van der Waals surface area contributed by atoms with E-state index in [1.54, 1.807) is 20.8 Å². The van der Waals surface area contributed by atoms with Crippen LogP contribution in [0.3, 0.4) is 0 Å². The van der Waals surface area contributed by atoms with Crippen molar-refractivity contribution in [2.45, 2.75) is 76.4 Å². The lowest BCUT2D eigenvalue weighted by atomic mass is 9.91. The molecular weight excluding hydrogens is 252 g/mol. The standard InChI is InChI=1S/C13H22O6/c1-11(2)15-6-7(17-11)8-13(5,14)9-10(16-8)19-12(3,4)18-9/h7-10,14H,6H2,1-5H3/t7-,8-,9+,10-,13-/m1/s1. The van der Waals surface area contributed by atoms with Crippen molar-refractivity contribution < 1.29 is 28.8 Å². The molecule has 3 rings (SSSR count). The monoisotopic (exact) mass is 274 g/mol. The van der Waals surface area contributed by atoms with Gasteiger partial charge in [-0.2, -0.15) is 0 Å². The van der Waals surface area contributed by atoms with Crippen LogP contribution in [0.15, 0.2) is 0 Å². The van der Waals surface area contributed by atoms with Gasteiger partial charge in [0.25, 0.3) is 0 Å². The Morgan fingerprint density at radius 3 is 2.11 bits per heavy atom. The van der Waals surface area contributed by atoms with Crippen LogP contribution in [0.2, 0.25) is 0 Å². The van der Waals surface area contributed by atoms with Gasteiger partial charge in [0.15, 0.2) is 17.9 Å². The Labute approximate surface area is 112 Å². The average molecular weight is 274 g/mol. The van der Waals surface area contributed by atoms with Crippen molar-refractivity contribution in [3.8, 4) is 0 Å². The number of hydrogen-bond acceptors (Lipinski definition) is 6. The van der Waals surface area contributed by atoms with Gasteiger partial charge in [-0.1, -0.05) is 0 Å². The first-order valence-corrected chi connectivity index (χ1v) is 6.66. The second-order valence-electron chi connectivity index (χ2n) is 6.57. The van der Waals surface area contributed by atoms with Gasteiger partial charge in [-0.3, -0.25) is 0 Å². The molecule has 3 aliphatic rings. The van der Waals surface area contributed by atoms with E-state index in [-0.39, 0.29) is 6.10 Å². The minimum absolute atomic E-state index is 0.328. The molecule has 3 saturated heterocycles. The minimum atomic E-state index is -1.17. The molecule has 0 aromatic carbocycles. The van der Waals surface area contributed by atoms with Crippen LogP contribution in [-0.4, -0.2) is 53.5 Å². The molecule has 0 bridgehead atoms. The molecule has 5 atom stereocenters. The van der Waals surface area contributed by atoms with Crippen LogP contribution in [0, 0.1) is 0 Å². The first-order valence-electron chi connectivity index (χ1n) is 6.66. The predicted molar refractivity (Wildman–Crippen MR) is 64.2 cm³/mol. The van der Waals surface area contributed by atoms with Crippen LogP contribution in [0.5, 0.6) is 0 Å². The zero-order valence-corrected chi connectivity index (χ0v) is 12.0. The minimum Gasteiger partial charge on any atom is -0.384 e. The molecule has 19 heavy (non-hydrogen) atoms. The van der Waals surface area contributed by atoms with Crippen LogP contribution in [0.25, 0.3) is 0 Å². The van der Waals surface area contributed by atoms with Crippen molar-refractivity contribution in [2.75, 3.05) is 6.61 Å². The summed E-state index contributed by atoms with van der Waals surface area (Å²) < 4.78 is 28.5. The fourth-order valence-corrected chi connectivity index (χ4v) is 3.00. The molecule has 110 valence electrons. The summed E-state index contributed by atoms with van der Waals surface area (Å²) in [6, 6.07) is 0. The summed E-state index contributed by atoms with van der Waals surface area (Å²) in [6.45, 7) is 9.37. The Kier molecular flexibility index (Phi) is 2.82. The van der Waals surface area contributed by atoms with Gasteiger partial charge in [-0.05, 0) is 34.6 Å². The van der Waals surface area contributed by atoms with Gasteiger partial charge in [0.2, 0.25) is 0 Å². The molecule has 0 aliphatic carbocycles. The number of hydrogen-bond donors (Lipinski definition) is 1. The molecule has 0 radical (unpaired) electrons. The second-order valence-corrected chi connectivity index (χ2v) is 6.57. The van der Waals surface area contributed by atoms with Gasteiger partial charge < -0.3 is 28.8 Å². The molecule has 0 saturated carbocycles. The SMILES string of the molecule is CC1(C)OC[C@H]([C@H]2O[C@@H]3OC(C)(C)O[C@@H]3[C@]2(C)O)O1. The Bertz CT molecular complexity index is 377. The zero-order chi connectivity index (χ0) is 14.1. The fourth-order valence-electron chi connectivity index (χ4n) is 3.00. The Morgan fingerprint density at radius 2 is 1.58 bits per heavy atom. The maximum Gasteiger partial charge on any atom is 0.190 e. The molecule has 1 N–H and O–H groups in total. The van der Waals surface area contributed by atoms with E-state index in [1.807, 2.05) is 13.8 Å². The summed E-state index contributed by atoms with van der Waals surface area (Å²) in [7, 11) is 0. The third-order valence-corrected chi connectivity index (χ3v) is 3.86. The fraction of sp³-hybridized carbons (Fsp3) is 1.00. The molecule has 3 aliphatic heterocycles. The van der Waals surface area contributed by atoms with E-state index in [1.165, 1.54) is 0 Å². The average Bonchev–Trinajstić information content (AvgIpc) is 2.80. The van der Waals surface area contributed by atoms with Crippen molar-refractivity contribution in [1.82, 2.24) is 0 Å². The van der Waals surface area contributed by atoms with Gasteiger partial charge in [-0.15, -0.1) is 0 Å². The van der Waals surface area contributed by atoms with Crippen LogP contribution >= 0.6 is 0 Å². The second kappa shape index (κ2) is 3.90. The first kappa shape index (κ1) is 13.7. The van der Waals surface area contributed by atoms with Crippen molar-refractivity contribution in [3.63, 3.8) is 0 Å². The predicted octanol–water partition coefficient (Wildman–Crippen LogP) is 0.765. The van der Waals surface area contributed by atoms with E-state index >= 15 is 0 Å². The summed E-state index contributed by atoms with van der Waals surface area (Å²) in [4.78, 5) is 0. The highest BCUT2D eigenvalue weighted by Crippen LogP contribution is 2.45. The van der Waals surface area contributed by atoms with E-state index in [0.29, 0.717) is 6.61 Å². The summed E-state index contributed by atoms with van der Waals surface area (Å²) in [5, 5.41) is 10.7. The van der Waals surface area contributed by atoms with Crippen molar-refractivity contribution in [3.05, 3.63) is 0 Å². The van der Waals surface area contributed by atoms with Gasteiger partial charge in [-0.25, -0.2) is 0 Å². The molecule has 6 nitrogen and oxygen atoms in total. The van der Waals surface area contributed by atoms with E-state index in [0.717, 1.165) is 0 Å². The van der Waals surface area contributed by atoms with Crippen molar-refractivity contribution in [1.29, 1.82) is 0 Å². The van der Waals surface area contributed by atoms with Gasteiger partial charge in [0, 0.05) is 0 Å². The highest BCUT2D eigenvalue weighted by atomic mass is 16.8. The topological polar surface area (TPSA) is 66.4 Å². The summed E-state index contributed by atoms with van der Waals surface area (Å²) >= 11 is 0. The number of rotatable bonds is 1. The molecule has 0 amide bonds. The van der Waals surface area contributed by atoms with Gasteiger partial charge in [0.1, 0.15) is 23.9 Å². The Hall–Kier alpha value is -0.240. The highest BCUT2D eigenvalue weighted by Gasteiger charge is 2.63. The van der Waals surface area contributed by atoms with Crippen LogP contribution < -0.4 is 0 Å². The summed E-state index contributed by atoms with van der Waals surface area (Å²) in [5.41, 5.74) is -1.17. The van der Waals surface area contributed by atoms with Crippen LogP contribution in [-0.2, 0) is 23.7 Å². The molecule has 3 fully saturated rings. The van der Waals surface area contributed by atoms with E-state index in [9.17, 15) is 5.11 Å². The van der Waals surface area contributed by atoms with Crippen molar-refractivity contribution in [2.24, 2.45) is 0 Å². The number of fused-ring (bicyclic) bond motifs is 1. The molecule has 0 unspecified atom stereocenters. The van der Waals surface area contributed by atoms with Crippen molar-refractivity contribution >= 4 is 0 Å². The normalized spacial score (nSPS) is 51.5. The van der Waals surface area contributed by atoms with Crippen LogP contribution in [0.1, 0.15) is 34.6 Å². The van der Waals surface area contributed by atoms with E-state index in [2.05, 4.69) is 0 Å². The maximum atomic E-state index is 10.7. The smallest absolute Gasteiger partial charge is 0.190 e. The third-order valence-electron chi connectivity index (χ3n) is 3.86. The maximum absolute atomic E-state index is 10.7. The third kappa shape index (κ3) is 2.20. The quantitative estimate of drug-likeness (QED) is 0.761. The molecule has 3 heterocycles. The molecular formula is C13H22O6. The van der Waals surface area contributed by atoms with E-state index in [4.69, 9.17) is 23.7 Å². The summed E-state index contributed by atoms with van der Waals surface area (Å²) in [6.07, 6.45) is -1.94. The molecule has 0 aromatic rings. The lowest BCUT2D eigenvalue weighted by Gasteiger charge is -2.33. The van der Waals surface area contributed by atoms with Gasteiger partial charge >= 0.3 is 0 Å². The molecule has 0 spiro atoms. The molecule has 6 heteroatoms. The lowest BCUT2D eigenvalue weighted by molar-refractivity contribution is -0.245. The Balaban J connectivity index is 1.77. The summed E-state index contributed by atoms with van der Waals surface area (Å²) in [5.74, 6) is -1.39. The number of aliphatic hydroxyl groups is 1. The Morgan fingerprint density at radius 1 is 0.895 bits per heavy atom. The van der Waals surface area contributed by atoms with E-state index < -0.39 is 35.7 Å². The zero-order valence-electron chi connectivity index (χ0n) is 12.0. The van der Waals surface area contributed by atoms with Crippen LogP contribution in [0.4, 0.5) is 0 Å². The largest absolute Gasteiger partial charge is 0.384 e. The van der Waals surface area contributed by atoms with Gasteiger partial charge in [0.05, 0.1) is 6.61 Å².